The number of hydrogen-bond acceptors (Lipinski definition) is 8. The van der Waals surface area contributed by atoms with Crippen LogP contribution in [0.15, 0.2) is 62.9 Å². The number of fused-ring (bicyclic) bond motifs is 1. The van der Waals surface area contributed by atoms with Gasteiger partial charge >= 0.3 is 5.63 Å². The summed E-state index contributed by atoms with van der Waals surface area (Å²) in [5.74, 6) is 7.55. The van der Waals surface area contributed by atoms with E-state index >= 15 is 0 Å². The highest BCUT2D eigenvalue weighted by Crippen LogP contribution is 2.31. The average molecular weight is 437 g/mol. The van der Waals surface area contributed by atoms with Gasteiger partial charge in [0, 0.05) is 35.9 Å². The standard InChI is InChI=1S/C21H19N5O4S/c1-12(27)23-14-7-8-15-13(9-19(28)30-18(15)10-14)11-31-21-25-24-20(26(21)22)16-5-3-4-6-17(16)29-2/h3-10H,11,22H2,1-2H3,(H,23,27). The van der Waals surface area contributed by atoms with E-state index < -0.39 is 5.63 Å². The molecule has 31 heavy (non-hydrogen) atoms. The van der Waals surface area contributed by atoms with Crippen molar-refractivity contribution in [1.82, 2.24) is 14.9 Å². The number of rotatable bonds is 6. The number of carbonyl (C=O) groups is 1. The van der Waals surface area contributed by atoms with Gasteiger partial charge < -0.3 is 20.3 Å². The first-order valence-electron chi connectivity index (χ1n) is 9.27. The molecule has 1 amide bonds. The highest BCUT2D eigenvalue weighted by atomic mass is 32.2. The Morgan fingerprint density at radius 3 is 2.81 bits per heavy atom. The maximum atomic E-state index is 12.0. The van der Waals surface area contributed by atoms with Crippen molar-refractivity contribution in [3.63, 3.8) is 0 Å². The predicted octanol–water partition coefficient (Wildman–Crippen LogP) is 3.02. The molecule has 0 spiro atoms. The van der Waals surface area contributed by atoms with Crippen molar-refractivity contribution < 1.29 is 13.9 Å². The Balaban J connectivity index is 1.62. The van der Waals surface area contributed by atoms with E-state index in [1.165, 1.54) is 29.4 Å². The van der Waals surface area contributed by atoms with Gasteiger partial charge in [0.1, 0.15) is 11.3 Å². The van der Waals surface area contributed by atoms with Crippen LogP contribution in [0, 0.1) is 0 Å². The fourth-order valence-electron chi connectivity index (χ4n) is 3.16. The maximum absolute atomic E-state index is 12.0. The average Bonchev–Trinajstić information content (AvgIpc) is 3.11. The van der Waals surface area contributed by atoms with Crippen LogP contribution in [-0.4, -0.2) is 27.9 Å². The molecule has 0 fully saturated rings. The fourth-order valence-corrected chi connectivity index (χ4v) is 4.01. The zero-order valence-corrected chi connectivity index (χ0v) is 17.6. The molecule has 0 atom stereocenters. The molecule has 0 unspecified atom stereocenters. The molecule has 0 bridgehead atoms. The molecular formula is C21H19N5O4S. The van der Waals surface area contributed by atoms with Crippen LogP contribution in [0.1, 0.15) is 12.5 Å². The number of methoxy groups -OCH3 is 1. The monoisotopic (exact) mass is 437 g/mol. The second-order valence-electron chi connectivity index (χ2n) is 6.65. The fraction of sp³-hybridized carbons (Fsp3) is 0.143. The van der Waals surface area contributed by atoms with Gasteiger partial charge in [-0.05, 0) is 29.8 Å². The number of anilines is 1. The van der Waals surface area contributed by atoms with Gasteiger partial charge in [0.05, 0.1) is 12.7 Å². The number of nitrogens with two attached hydrogens (primary N) is 1. The summed E-state index contributed by atoms with van der Waals surface area (Å²) in [6.45, 7) is 1.41. The van der Waals surface area contributed by atoms with E-state index in [-0.39, 0.29) is 5.91 Å². The van der Waals surface area contributed by atoms with Gasteiger partial charge in [-0.15, -0.1) is 10.2 Å². The third-order valence-electron chi connectivity index (χ3n) is 4.52. The minimum absolute atomic E-state index is 0.207. The Kier molecular flexibility index (Phi) is 5.63. The lowest BCUT2D eigenvalue weighted by Gasteiger charge is -2.09. The van der Waals surface area contributed by atoms with E-state index in [1.807, 2.05) is 24.3 Å². The molecule has 3 N–H and O–H groups in total. The van der Waals surface area contributed by atoms with Crippen molar-refractivity contribution in [3.8, 4) is 17.1 Å². The third kappa shape index (κ3) is 4.24. The second-order valence-corrected chi connectivity index (χ2v) is 7.59. The van der Waals surface area contributed by atoms with Crippen LogP contribution in [0.5, 0.6) is 5.75 Å². The minimum Gasteiger partial charge on any atom is -0.496 e. The number of para-hydroxylation sites is 1. The van der Waals surface area contributed by atoms with E-state index in [0.29, 0.717) is 33.8 Å². The highest BCUT2D eigenvalue weighted by Gasteiger charge is 2.16. The Labute approximate surface area is 181 Å². The van der Waals surface area contributed by atoms with Crippen LogP contribution in [-0.2, 0) is 10.5 Å². The molecule has 4 rings (SSSR count). The molecule has 2 heterocycles. The van der Waals surface area contributed by atoms with Crippen molar-refractivity contribution in [2.75, 3.05) is 18.3 Å². The lowest BCUT2D eigenvalue weighted by molar-refractivity contribution is -0.114. The van der Waals surface area contributed by atoms with Crippen molar-refractivity contribution in [2.24, 2.45) is 0 Å². The first kappa shape index (κ1) is 20.5. The first-order valence-corrected chi connectivity index (χ1v) is 10.3. The maximum Gasteiger partial charge on any atom is 0.336 e. The van der Waals surface area contributed by atoms with Crippen molar-refractivity contribution in [2.45, 2.75) is 17.8 Å². The molecule has 2 aromatic heterocycles. The van der Waals surface area contributed by atoms with Gasteiger partial charge in [-0.3, -0.25) is 4.79 Å². The van der Waals surface area contributed by atoms with Crippen LogP contribution in [0.25, 0.3) is 22.4 Å². The Hall–Kier alpha value is -3.79. The third-order valence-corrected chi connectivity index (χ3v) is 5.51. The number of nitrogens with one attached hydrogen (secondary N) is 1. The second kappa shape index (κ2) is 8.52. The lowest BCUT2D eigenvalue weighted by atomic mass is 10.1. The number of nitrogen functional groups attached to an aromatic ring is 1. The van der Waals surface area contributed by atoms with Gasteiger partial charge in [0.25, 0.3) is 0 Å². The largest absolute Gasteiger partial charge is 0.496 e. The lowest BCUT2D eigenvalue weighted by Crippen LogP contribution is -2.12. The molecule has 0 radical (unpaired) electrons. The molecule has 0 aliphatic carbocycles. The minimum atomic E-state index is -0.480. The van der Waals surface area contributed by atoms with Crippen LogP contribution < -0.4 is 21.5 Å². The van der Waals surface area contributed by atoms with E-state index in [1.54, 1.807) is 25.3 Å². The quantitative estimate of drug-likeness (QED) is 0.268. The first-order chi connectivity index (χ1) is 15.0. The molecule has 2 aromatic carbocycles. The topological polar surface area (TPSA) is 125 Å². The van der Waals surface area contributed by atoms with Gasteiger partial charge in [-0.2, -0.15) is 0 Å². The normalized spacial score (nSPS) is 10.9. The SMILES string of the molecule is COc1ccccc1-c1nnc(SCc2cc(=O)oc3cc(NC(C)=O)ccc23)n1N. The molecule has 0 aliphatic rings. The van der Waals surface area contributed by atoms with Crippen molar-refractivity contribution in [1.29, 1.82) is 0 Å². The van der Waals surface area contributed by atoms with Crippen molar-refractivity contribution in [3.05, 3.63) is 64.5 Å². The summed E-state index contributed by atoms with van der Waals surface area (Å²) in [7, 11) is 1.58. The van der Waals surface area contributed by atoms with E-state index in [2.05, 4.69) is 15.5 Å². The number of thioether (sulfide) groups is 1. The van der Waals surface area contributed by atoms with E-state index in [0.717, 1.165) is 16.5 Å². The molecule has 10 heteroatoms. The number of amides is 1. The van der Waals surface area contributed by atoms with E-state index in [9.17, 15) is 9.59 Å². The van der Waals surface area contributed by atoms with Crippen LogP contribution in [0.4, 0.5) is 5.69 Å². The summed E-state index contributed by atoms with van der Waals surface area (Å²) in [5, 5.41) is 12.3. The molecule has 4 aromatic rings. The number of ether oxygens (including phenoxy) is 1. The molecule has 158 valence electrons. The number of nitrogens with zero attached hydrogens (tertiary/aromatic N) is 3. The number of aromatic nitrogens is 3. The molecule has 0 saturated carbocycles. The van der Waals surface area contributed by atoms with Gasteiger partial charge in [-0.25, -0.2) is 9.47 Å². The zero-order chi connectivity index (χ0) is 22.0. The molecule has 0 aliphatic heterocycles. The Bertz CT molecular complexity index is 1330. The molecular weight excluding hydrogens is 418 g/mol. The smallest absolute Gasteiger partial charge is 0.336 e. The van der Waals surface area contributed by atoms with Gasteiger partial charge in [0.15, 0.2) is 5.82 Å². The van der Waals surface area contributed by atoms with E-state index in [4.69, 9.17) is 15.0 Å². The van der Waals surface area contributed by atoms with Crippen LogP contribution in [0.2, 0.25) is 0 Å². The number of benzene rings is 2. The number of carbonyl (C=O) groups excluding carboxylic acids is 1. The molecule has 0 saturated heterocycles. The van der Waals surface area contributed by atoms with Gasteiger partial charge in [-0.1, -0.05) is 23.9 Å². The number of hydrogen-bond donors (Lipinski definition) is 2. The Morgan fingerprint density at radius 2 is 2.03 bits per heavy atom. The predicted molar refractivity (Wildman–Crippen MR) is 119 cm³/mol. The summed E-state index contributed by atoms with van der Waals surface area (Å²) in [6, 6.07) is 14.0. The summed E-state index contributed by atoms with van der Waals surface area (Å²) in [5.41, 5.74) is 1.94. The van der Waals surface area contributed by atoms with Crippen LogP contribution in [0.3, 0.4) is 0 Å². The summed E-state index contributed by atoms with van der Waals surface area (Å²) in [6.07, 6.45) is 0. The van der Waals surface area contributed by atoms with Crippen LogP contribution >= 0.6 is 11.8 Å². The molecule has 9 nitrogen and oxygen atoms in total. The zero-order valence-electron chi connectivity index (χ0n) is 16.8. The highest BCUT2D eigenvalue weighted by molar-refractivity contribution is 7.98. The summed E-state index contributed by atoms with van der Waals surface area (Å²) in [4.78, 5) is 23.3. The van der Waals surface area contributed by atoms with Gasteiger partial charge in [0.2, 0.25) is 11.1 Å². The summed E-state index contributed by atoms with van der Waals surface area (Å²) < 4.78 is 12.1. The Morgan fingerprint density at radius 1 is 1.23 bits per heavy atom. The van der Waals surface area contributed by atoms with Crippen molar-refractivity contribution >= 4 is 34.3 Å². The summed E-state index contributed by atoms with van der Waals surface area (Å²) >= 11 is 1.34.